The van der Waals surface area contributed by atoms with Gasteiger partial charge in [0.25, 0.3) is 0 Å². The Morgan fingerprint density at radius 3 is 2.37 bits per heavy atom. The van der Waals surface area contributed by atoms with Crippen molar-refractivity contribution in [1.29, 1.82) is 0 Å². The summed E-state index contributed by atoms with van der Waals surface area (Å²) in [5.41, 5.74) is 1.06. The Morgan fingerprint density at radius 1 is 1.11 bits per heavy atom. The number of hydrogen-bond donors (Lipinski definition) is 1. The summed E-state index contributed by atoms with van der Waals surface area (Å²) in [6.07, 6.45) is 6.57. The Balaban J connectivity index is 2.02. The summed E-state index contributed by atoms with van der Waals surface area (Å²) in [6.45, 7) is 0.782. The fourth-order valence-electron chi connectivity index (χ4n) is 2.59. The molecule has 1 aromatic carbocycles. The number of halogens is 1. The molecule has 106 valence electrons. The van der Waals surface area contributed by atoms with E-state index < -0.39 is 0 Å². The minimum absolute atomic E-state index is 0.623. The lowest BCUT2D eigenvalue weighted by Gasteiger charge is -2.23. The van der Waals surface area contributed by atoms with E-state index in [9.17, 15) is 0 Å². The first kappa shape index (κ1) is 14.5. The van der Waals surface area contributed by atoms with Crippen LogP contribution in [0.1, 0.15) is 37.7 Å². The number of rotatable bonds is 5. The molecule has 0 spiro atoms. The van der Waals surface area contributed by atoms with E-state index in [0.717, 1.165) is 22.9 Å². The zero-order valence-electron chi connectivity index (χ0n) is 11.7. The summed E-state index contributed by atoms with van der Waals surface area (Å²) in [6, 6.07) is 4.40. The van der Waals surface area contributed by atoms with Crippen LogP contribution in [0.5, 0.6) is 11.5 Å². The van der Waals surface area contributed by atoms with Crippen LogP contribution in [0, 0.1) is 0 Å². The van der Waals surface area contributed by atoms with Gasteiger partial charge < -0.3 is 14.8 Å². The fourth-order valence-corrected chi connectivity index (χ4v) is 2.81. The van der Waals surface area contributed by atoms with Gasteiger partial charge in [-0.15, -0.1) is 0 Å². The number of ether oxygens (including phenoxy) is 2. The van der Waals surface area contributed by atoms with Crippen molar-refractivity contribution in [1.82, 2.24) is 5.32 Å². The second-order valence-electron chi connectivity index (χ2n) is 5.01. The first-order valence-corrected chi connectivity index (χ1v) is 7.26. The van der Waals surface area contributed by atoms with Gasteiger partial charge in [-0.25, -0.2) is 0 Å². The maximum atomic E-state index is 6.28. The Kier molecular flexibility index (Phi) is 5.34. The van der Waals surface area contributed by atoms with Gasteiger partial charge in [-0.1, -0.05) is 30.9 Å². The average Bonchev–Trinajstić information content (AvgIpc) is 2.46. The van der Waals surface area contributed by atoms with E-state index >= 15 is 0 Å². The number of hydrogen-bond acceptors (Lipinski definition) is 3. The van der Waals surface area contributed by atoms with Crippen LogP contribution in [0.4, 0.5) is 0 Å². The van der Waals surface area contributed by atoms with Crippen LogP contribution in [-0.4, -0.2) is 20.3 Å². The first-order chi connectivity index (χ1) is 9.24. The molecule has 3 nitrogen and oxygen atoms in total. The van der Waals surface area contributed by atoms with Gasteiger partial charge in [0.05, 0.1) is 14.2 Å². The smallest absolute Gasteiger partial charge is 0.162 e. The quantitative estimate of drug-likeness (QED) is 0.892. The van der Waals surface area contributed by atoms with Gasteiger partial charge in [-0.3, -0.25) is 0 Å². The van der Waals surface area contributed by atoms with Gasteiger partial charge in [-0.05, 0) is 24.5 Å². The van der Waals surface area contributed by atoms with Gasteiger partial charge in [0.15, 0.2) is 11.5 Å². The van der Waals surface area contributed by atoms with E-state index in [4.69, 9.17) is 21.1 Å². The number of nitrogens with one attached hydrogen (secondary N) is 1. The molecular weight excluding hydrogens is 262 g/mol. The van der Waals surface area contributed by atoms with Crippen molar-refractivity contribution in [2.45, 2.75) is 44.7 Å². The fraction of sp³-hybridized carbons (Fsp3) is 0.600. The molecule has 0 aromatic heterocycles. The molecule has 0 radical (unpaired) electrons. The van der Waals surface area contributed by atoms with Crippen LogP contribution in [0.25, 0.3) is 0 Å². The van der Waals surface area contributed by atoms with Crippen LogP contribution in [0.2, 0.25) is 5.02 Å². The highest BCUT2D eigenvalue weighted by atomic mass is 35.5. The van der Waals surface area contributed by atoms with Crippen LogP contribution in [0.15, 0.2) is 12.1 Å². The second-order valence-corrected chi connectivity index (χ2v) is 5.42. The van der Waals surface area contributed by atoms with Crippen molar-refractivity contribution in [2.24, 2.45) is 0 Å². The molecule has 1 aliphatic rings. The van der Waals surface area contributed by atoms with E-state index in [2.05, 4.69) is 5.32 Å². The highest BCUT2D eigenvalue weighted by molar-refractivity contribution is 6.31. The molecule has 0 saturated heterocycles. The van der Waals surface area contributed by atoms with Gasteiger partial charge in [-0.2, -0.15) is 0 Å². The lowest BCUT2D eigenvalue weighted by molar-refractivity contribution is 0.353. The molecule has 1 aromatic rings. The molecule has 1 saturated carbocycles. The Hall–Kier alpha value is -0.930. The van der Waals surface area contributed by atoms with E-state index in [1.807, 2.05) is 12.1 Å². The molecule has 0 amide bonds. The molecule has 0 atom stereocenters. The van der Waals surface area contributed by atoms with E-state index in [1.54, 1.807) is 14.2 Å². The normalized spacial score (nSPS) is 16.4. The Labute approximate surface area is 120 Å². The van der Waals surface area contributed by atoms with Crippen molar-refractivity contribution < 1.29 is 9.47 Å². The van der Waals surface area contributed by atoms with Gasteiger partial charge >= 0.3 is 0 Å². The van der Waals surface area contributed by atoms with Crippen molar-refractivity contribution in [3.63, 3.8) is 0 Å². The monoisotopic (exact) mass is 283 g/mol. The third-order valence-electron chi connectivity index (χ3n) is 3.74. The van der Waals surface area contributed by atoms with Gasteiger partial charge in [0.2, 0.25) is 0 Å². The Bertz CT molecular complexity index is 417. The molecule has 0 aliphatic heterocycles. The second kappa shape index (κ2) is 7.01. The maximum Gasteiger partial charge on any atom is 0.162 e. The zero-order chi connectivity index (χ0) is 13.7. The minimum Gasteiger partial charge on any atom is -0.493 e. The molecule has 1 N–H and O–H groups in total. The van der Waals surface area contributed by atoms with Gasteiger partial charge in [0.1, 0.15) is 0 Å². The average molecular weight is 284 g/mol. The molecule has 1 aliphatic carbocycles. The summed E-state index contributed by atoms with van der Waals surface area (Å²) in [7, 11) is 3.26. The Morgan fingerprint density at radius 2 is 1.74 bits per heavy atom. The van der Waals surface area contributed by atoms with E-state index in [-0.39, 0.29) is 0 Å². The standard InChI is InChI=1S/C15H22ClNO2/c1-18-14-8-11(13(16)9-15(14)19-2)10-17-12-6-4-3-5-7-12/h8-9,12,17H,3-7,10H2,1-2H3. The predicted molar refractivity (Wildman–Crippen MR) is 78.3 cm³/mol. The van der Waals surface area contributed by atoms with Crippen LogP contribution < -0.4 is 14.8 Å². The predicted octanol–water partition coefficient (Wildman–Crippen LogP) is 3.78. The maximum absolute atomic E-state index is 6.28. The lowest BCUT2D eigenvalue weighted by atomic mass is 9.95. The summed E-state index contributed by atoms with van der Waals surface area (Å²) in [5.74, 6) is 1.40. The van der Waals surface area contributed by atoms with E-state index in [1.165, 1.54) is 32.1 Å². The lowest BCUT2D eigenvalue weighted by Crippen LogP contribution is -2.30. The van der Waals surface area contributed by atoms with Gasteiger partial charge in [0, 0.05) is 23.7 Å². The number of methoxy groups -OCH3 is 2. The summed E-state index contributed by atoms with van der Waals surface area (Å²) < 4.78 is 10.5. The summed E-state index contributed by atoms with van der Waals surface area (Å²) in [4.78, 5) is 0. The molecule has 1 fully saturated rings. The number of benzene rings is 1. The molecule has 19 heavy (non-hydrogen) atoms. The molecular formula is C15H22ClNO2. The largest absolute Gasteiger partial charge is 0.493 e. The van der Waals surface area contributed by atoms with Crippen molar-refractivity contribution in [3.05, 3.63) is 22.7 Å². The van der Waals surface area contributed by atoms with Crippen molar-refractivity contribution in [2.75, 3.05) is 14.2 Å². The minimum atomic E-state index is 0.623. The van der Waals surface area contributed by atoms with Crippen LogP contribution in [0.3, 0.4) is 0 Å². The highest BCUT2D eigenvalue weighted by Crippen LogP contribution is 2.33. The summed E-state index contributed by atoms with van der Waals surface area (Å²) >= 11 is 6.28. The summed E-state index contributed by atoms with van der Waals surface area (Å²) in [5, 5.41) is 4.31. The van der Waals surface area contributed by atoms with E-state index in [0.29, 0.717) is 11.8 Å². The van der Waals surface area contributed by atoms with Crippen LogP contribution in [-0.2, 0) is 6.54 Å². The van der Waals surface area contributed by atoms with Crippen molar-refractivity contribution in [3.8, 4) is 11.5 Å². The molecule has 0 heterocycles. The molecule has 4 heteroatoms. The van der Waals surface area contributed by atoms with Crippen LogP contribution >= 0.6 is 11.6 Å². The molecule has 0 unspecified atom stereocenters. The molecule has 0 bridgehead atoms. The topological polar surface area (TPSA) is 30.5 Å². The highest BCUT2D eigenvalue weighted by Gasteiger charge is 2.14. The first-order valence-electron chi connectivity index (χ1n) is 6.88. The SMILES string of the molecule is COc1cc(Cl)c(CNC2CCCCC2)cc1OC. The van der Waals surface area contributed by atoms with Crippen molar-refractivity contribution >= 4 is 11.6 Å². The third-order valence-corrected chi connectivity index (χ3v) is 4.09. The molecule has 2 rings (SSSR count). The third kappa shape index (κ3) is 3.77. The zero-order valence-corrected chi connectivity index (χ0v) is 12.4.